The lowest BCUT2D eigenvalue weighted by Crippen LogP contribution is -1.92. The lowest BCUT2D eigenvalue weighted by Gasteiger charge is -2.04. The number of aliphatic hydroxyl groups excluding tert-OH is 1. The summed E-state index contributed by atoms with van der Waals surface area (Å²) >= 11 is 4.87. The Kier molecular flexibility index (Phi) is 3.80. The van der Waals surface area contributed by atoms with Crippen LogP contribution in [-0.4, -0.2) is 5.11 Å². The van der Waals surface area contributed by atoms with Crippen LogP contribution in [0.15, 0.2) is 15.9 Å². The number of hydrogen-bond acceptors (Lipinski definition) is 2. The topological polar surface area (TPSA) is 20.2 Å². The van der Waals surface area contributed by atoms with E-state index in [1.165, 1.54) is 0 Å². The predicted molar refractivity (Wildman–Crippen MR) is 55.0 cm³/mol. The van der Waals surface area contributed by atoms with Crippen LogP contribution in [0.5, 0.6) is 0 Å². The van der Waals surface area contributed by atoms with Gasteiger partial charge in [-0.1, -0.05) is 0 Å². The van der Waals surface area contributed by atoms with Crippen LogP contribution in [0.25, 0.3) is 0 Å². The van der Waals surface area contributed by atoms with Gasteiger partial charge in [0.2, 0.25) is 0 Å². The van der Waals surface area contributed by atoms with E-state index in [2.05, 4.69) is 21.9 Å². The molecule has 12 heavy (non-hydrogen) atoms. The Labute approximate surface area is 84.6 Å². The highest BCUT2D eigenvalue weighted by atomic mass is 79.9. The zero-order valence-corrected chi connectivity index (χ0v) is 8.86. The van der Waals surface area contributed by atoms with Gasteiger partial charge < -0.3 is 5.11 Å². The van der Waals surface area contributed by atoms with Gasteiger partial charge in [-0.05, 0) is 28.4 Å². The summed E-state index contributed by atoms with van der Waals surface area (Å²) in [6.07, 6.45) is 5.95. The molecule has 0 bridgehead atoms. The SMILES string of the molecule is C#CCCC(O)c1cc(Br)cs1. The fourth-order valence-corrected chi connectivity index (χ4v) is 2.33. The second-order valence-corrected chi connectivity index (χ2v) is 4.28. The fourth-order valence-electron chi connectivity index (χ4n) is 0.865. The molecule has 1 aromatic heterocycles. The van der Waals surface area contributed by atoms with Crippen LogP contribution in [0.3, 0.4) is 0 Å². The van der Waals surface area contributed by atoms with Gasteiger partial charge in [-0.15, -0.1) is 23.7 Å². The summed E-state index contributed by atoms with van der Waals surface area (Å²) in [6, 6.07) is 1.92. The highest BCUT2D eigenvalue weighted by Crippen LogP contribution is 2.27. The second-order valence-electron chi connectivity index (χ2n) is 2.43. The molecule has 64 valence electrons. The molecule has 0 fully saturated rings. The Balaban J connectivity index is 2.54. The van der Waals surface area contributed by atoms with Crippen LogP contribution >= 0.6 is 27.3 Å². The van der Waals surface area contributed by atoms with Crippen molar-refractivity contribution in [2.75, 3.05) is 0 Å². The quantitative estimate of drug-likeness (QED) is 0.811. The zero-order chi connectivity index (χ0) is 8.97. The summed E-state index contributed by atoms with van der Waals surface area (Å²) < 4.78 is 1.02. The maximum atomic E-state index is 9.56. The van der Waals surface area contributed by atoms with E-state index in [1.54, 1.807) is 11.3 Å². The van der Waals surface area contributed by atoms with Gasteiger partial charge in [0, 0.05) is 21.2 Å². The first-order valence-corrected chi connectivity index (χ1v) is 5.26. The van der Waals surface area contributed by atoms with E-state index >= 15 is 0 Å². The molecule has 0 aliphatic rings. The lowest BCUT2D eigenvalue weighted by molar-refractivity contribution is 0.173. The van der Waals surface area contributed by atoms with E-state index in [4.69, 9.17) is 6.42 Å². The molecular formula is C9H9BrOS. The number of thiophene rings is 1. The molecule has 0 amide bonds. The molecule has 0 aromatic carbocycles. The van der Waals surface area contributed by atoms with Crippen LogP contribution < -0.4 is 0 Å². The van der Waals surface area contributed by atoms with E-state index in [0.29, 0.717) is 12.8 Å². The molecule has 1 aromatic rings. The molecule has 0 saturated heterocycles. The molecule has 1 N–H and O–H groups in total. The Morgan fingerprint density at radius 3 is 3.00 bits per heavy atom. The molecule has 0 aliphatic heterocycles. The maximum absolute atomic E-state index is 9.56. The standard InChI is InChI=1S/C9H9BrOS/c1-2-3-4-8(11)9-5-7(10)6-12-9/h1,5-6,8,11H,3-4H2. The van der Waals surface area contributed by atoms with Crippen LogP contribution in [0.1, 0.15) is 23.8 Å². The van der Waals surface area contributed by atoms with Crippen molar-refractivity contribution in [2.45, 2.75) is 18.9 Å². The van der Waals surface area contributed by atoms with Gasteiger partial charge in [-0.3, -0.25) is 0 Å². The van der Waals surface area contributed by atoms with E-state index in [9.17, 15) is 5.11 Å². The first-order chi connectivity index (χ1) is 5.74. The third kappa shape index (κ3) is 2.63. The summed E-state index contributed by atoms with van der Waals surface area (Å²) in [5.74, 6) is 2.51. The first-order valence-electron chi connectivity index (χ1n) is 3.59. The minimum absolute atomic E-state index is 0.405. The molecule has 3 heteroatoms. The normalized spacial score (nSPS) is 12.4. The van der Waals surface area contributed by atoms with Crippen LogP contribution in [0.2, 0.25) is 0 Å². The van der Waals surface area contributed by atoms with Crippen molar-refractivity contribution >= 4 is 27.3 Å². The number of rotatable bonds is 3. The van der Waals surface area contributed by atoms with Gasteiger partial charge in [0.1, 0.15) is 0 Å². The van der Waals surface area contributed by atoms with Crippen molar-refractivity contribution in [3.05, 3.63) is 20.8 Å². The Morgan fingerprint density at radius 2 is 2.50 bits per heavy atom. The van der Waals surface area contributed by atoms with Crippen molar-refractivity contribution < 1.29 is 5.11 Å². The average Bonchev–Trinajstić information content (AvgIpc) is 2.47. The third-order valence-electron chi connectivity index (χ3n) is 1.48. The molecule has 1 rings (SSSR count). The zero-order valence-electron chi connectivity index (χ0n) is 6.46. The molecule has 0 saturated carbocycles. The van der Waals surface area contributed by atoms with Gasteiger partial charge in [0.15, 0.2) is 0 Å². The maximum Gasteiger partial charge on any atom is 0.0891 e. The van der Waals surface area contributed by atoms with E-state index in [-0.39, 0.29) is 0 Å². The van der Waals surface area contributed by atoms with Crippen LogP contribution in [-0.2, 0) is 0 Å². The summed E-state index contributed by atoms with van der Waals surface area (Å²) in [4.78, 5) is 0.970. The molecular weight excluding hydrogens is 236 g/mol. The van der Waals surface area contributed by atoms with E-state index in [0.717, 1.165) is 9.35 Å². The van der Waals surface area contributed by atoms with Gasteiger partial charge >= 0.3 is 0 Å². The third-order valence-corrected chi connectivity index (χ3v) is 3.27. The van der Waals surface area contributed by atoms with Crippen molar-refractivity contribution in [3.8, 4) is 12.3 Å². The van der Waals surface area contributed by atoms with Gasteiger partial charge in [-0.25, -0.2) is 0 Å². The molecule has 0 aliphatic carbocycles. The largest absolute Gasteiger partial charge is 0.388 e. The number of hydrogen-bond donors (Lipinski definition) is 1. The summed E-state index contributed by atoms with van der Waals surface area (Å²) in [5, 5.41) is 11.5. The molecule has 1 nitrogen and oxygen atoms in total. The van der Waals surface area contributed by atoms with Crippen LogP contribution in [0.4, 0.5) is 0 Å². The fraction of sp³-hybridized carbons (Fsp3) is 0.333. The molecule has 0 radical (unpaired) electrons. The summed E-state index contributed by atoms with van der Waals surface area (Å²) in [7, 11) is 0. The van der Waals surface area contributed by atoms with Gasteiger partial charge in [-0.2, -0.15) is 0 Å². The van der Waals surface area contributed by atoms with E-state index < -0.39 is 6.10 Å². The second kappa shape index (κ2) is 4.66. The van der Waals surface area contributed by atoms with Crippen molar-refractivity contribution in [3.63, 3.8) is 0 Å². The minimum atomic E-state index is -0.405. The van der Waals surface area contributed by atoms with Gasteiger partial charge in [0.05, 0.1) is 6.10 Å². The van der Waals surface area contributed by atoms with E-state index in [1.807, 2.05) is 11.4 Å². The first kappa shape index (κ1) is 9.79. The molecule has 1 heterocycles. The number of aliphatic hydroxyl groups is 1. The predicted octanol–water partition coefficient (Wildman–Crippen LogP) is 2.96. The Morgan fingerprint density at radius 1 is 1.75 bits per heavy atom. The summed E-state index contributed by atoms with van der Waals surface area (Å²) in [5.41, 5.74) is 0. The van der Waals surface area contributed by atoms with Crippen molar-refractivity contribution in [1.29, 1.82) is 0 Å². The summed E-state index contributed by atoms with van der Waals surface area (Å²) in [6.45, 7) is 0. The highest BCUT2D eigenvalue weighted by Gasteiger charge is 2.08. The average molecular weight is 245 g/mol. The Bertz CT molecular complexity index is 287. The minimum Gasteiger partial charge on any atom is -0.388 e. The molecule has 1 unspecified atom stereocenters. The Hall–Kier alpha value is -0.300. The van der Waals surface area contributed by atoms with Crippen molar-refractivity contribution in [1.82, 2.24) is 0 Å². The highest BCUT2D eigenvalue weighted by molar-refractivity contribution is 9.10. The lowest BCUT2D eigenvalue weighted by atomic mass is 10.2. The molecule has 1 atom stereocenters. The smallest absolute Gasteiger partial charge is 0.0891 e. The molecule has 0 spiro atoms. The van der Waals surface area contributed by atoms with Gasteiger partial charge in [0.25, 0.3) is 0 Å². The van der Waals surface area contributed by atoms with Crippen LogP contribution in [0, 0.1) is 12.3 Å². The number of terminal acetylenes is 1. The van der Waals surface area contributed by atoms with Crippen molar-refractivity contribution in [2.24, 2.45) is 0 Å². The number of halogens is 1. The monoisotopic (exact) mass is 244 g/mol.